The number of aromatic amines is 1. The topological polar surface area (TPSA) is 67.2 Å². The second-order valence-corrected chi connectivity index (χ2v) is 4.26. The van der Waals surface area contributed by atoms with E-state index in [-0.39, 0.29) is 24.6 Å². The fraction of sp³-hybridized carbons (Fsp3) is 0.600. The molecule has 1 aliphatic rings. The van der Waals surface area contributed by atoms with Crippen LogP contribution in [0.3, 0.4) is 0 Å². The number of aliphatic hydroxyl groups is 1. The van der Waals surface area contributed by atoms with E-state index in [1.54, 1.807) is 12.3 Å². The Labute approximate surface area is 97.7 Å². The van der Waals surface area contributed by atoms with E-state index in [0.29, 0.717) is 11.1 Å². The van der Waals surface area contributed by atoms with E-state index in [1.807, 2.05) is 0 Å². The zero-order valence-electron chi connectivity index (χ0n) is 8.76. The SMILES string of the molecule is O=c1[nH]c(=S)ccn1[C@H]1CC[C@@H](CCO)O1. The van der Waals surface area contributed by atoms with Crippen molar-refractivity contribution in [1.29, 1.82) is 0 Å². The Morgan fingerprint density at radius 3 is 3.12 bits per heavy atom. The second kappa shape index (κ2) is 4.90. The molecule has 0 spiro atoms. The van der Waals surface area contributed by atoms with E-state index in [0.717, 1.165) is 12.8 Å². The fourth-order valence-corrected chi connectivity index (χ4v) is 2.05. The number of H-pyrrole nitrogens is 1. The number of hydrogen-bond donors (Lipinski definition) is 2. The standard InChI is InChI=1S/C10H14N2O3S/c13-6-4-7-1-2-9(15-7)12-5-3-8(16)11-10(12)14/h3,5,7,9,13H,1-2,4,6H2,(H,11,14,16)/t7-,9+/m0/s1. The number of aromatic nitrogens is 2. The summed E-state index contributed by atoms with van der Waals surface area (Å²) in [6, 6.07) is 1.67. The van der Waals surface area contributed by atoms with Crippen molar-refractivity contribution < 1.29 is 9.84 Å². The summed E-state index contributed by atoms with van der Waals surface area (Å²) in [4.78, 5) is 14.2. The van der Waals surface area contributed by atoms with E-state index >= 15 is 0 Å². The Morgan fingerprint density at radius 1 is 1.62 bits per heavy atom. The van der Waals surface area contributed by atoms with Gasteiger partial charge in [-0.15, -0.1) is 0 Å². The molecule has 88 valence electrons. The van der Waals surface area contributed by atoms with E-state index < -0.39 is 0 Å². The third-order valence-corrected chi connectivity index (χ3v) is 2.94. The first-order valence-corrected chi connectivity index (χ1v) is 5.69. The molecule has 0 saturated carbocycles. The van der Waals surface area contributed by atoms with Gasteiger partial charge >= 0.3 is 5.69 Å². The molecule has 1 aromatic rings. The Bertz CT molecular complexity index is 468. The molecule has 1 saturated heterocycles. The molecule has 6 heteroatoms. The van der Waals surface area contributed by atoms with Crippen LogP contribution in [0.25, 0.3) is 0 Å². The molecule has 2 atom stereocenters. The first-order chi connectivity index (χ1) is 7.70. The van der Waals surface area contributed by atoms with Gasteiger partial charge in [0.15, 0.2) is 0 Å². The van der Waals surface area contributed by atoms with Crippen LogP contribution in [0.15, 0.2) is 17.1 Å². The molecule has 0 aliphatic carbocycles. The lowest BCUT2D eigenvalue weighted by molar-refractivity contribution is -0.0102. The normalized spacial score (nSPS) is 24.8. The molecule has 5 nitrogen and oxygen atoms in total. The highest BCUT2D eigenvalue weighted by molar-refractivity contribution is 7.71. The van der Waals surface area contributed by atoms with Crippen LogP contribution in [0.2, 0.25) is 0 Å². The largest absolute Gasteiger partial charge is 0.396 e. The maximum Gasteiger partial charge on any atom is 0.328 e. The molecular formula is C10H14N2O3S. The first-order valence-electron chi connectivity index (χ1n) is 5.28. The van der Waals surface area contributed by atoms with Crippen molar-refractivity contribution >= 4 is 12.2 Å². The molecular weight excluding hydrogens is 228 g/mol. The minimum Gasteiger partial charge on any atom is -0.396 e. The molecule has 0 bridgehead atoms. The summed E-state index contributed by atoms with van der Waals surface area (Å²) in [6.45, 7) is 0.115. The monoisotopic (exact) mass is 242 g/mol. The van der Waals surface area contributed by atoms with Crippen molar-refractivity contribution in [2.45, 2.75) is 31.6 Å². The Hall–Kier alpha value is -0.980. The van der Waals surface area contributed by atoms with Crippen LogP contribution < -0.4 is 5.69 Å². The molecule has 2 rings (SSSR count). The summed E-state index contributed by atoms with van der Waals surface area (Å²) in [5.41, 5.74) is -0.248. The third kappa shape index (κ3) is 2.40. The van der Waals surface area contributed by atoms with Gasteiger partial charge in [0.1, 0.15) is 10.9 Å². The lowest BCUT2D eigenvalue weighted by atomic mass is 10.2. The molecule has 1 aliphatic heterocycles. The lowest BCUT2D eigenvalue weighted by Gasteiger charge is -2.14. The molecule has 0 aromatic carbocycles. The Kier molecular flexibility index (Phi) is 3.52. The predicted molar refractivity (Wildman–Crippen MR) is 60.7 cm³/mol. The lowest BCUT2D eigenvalue weighted by Crippen LogP contribution is -2.26. The average molecular weight is 242 g/mol. The maximum absolute atomic E-state index is 11.6. The molecule has 0 radical (unpaired) electrons. The molecule has 0 unspecified atom stereocenters. The molecule has 2 N–H and O–H groups in total. The van der Waals surface area contributed by atoms with E-state index in [9.17, 15) is 4.79 Å². The minimum absolute atomic E-state index is 0.0464. The minimum atomic E-state index is -0.248. The van der Waals surface area contributed by atoms with Gasteiger partial charge in [0.2, 0.25) is 0 Å². The van der Waals surface area contributed by atoms with Crippen molar-refractivity contribution in [3.63, 3.8) is 0 Å². The zero-order chi connectivity index (χ0) is 11.5. The van der Waals surface area contributed by atoms with Crippen molar-refractivity contribution in [2.75, 3.05) is 6.61 Å². The van der Waals surface area contributed by atoms with Gasteiger partial charge in [-0.1, -0.05) is 12.2 Å². The van der Waals surface area contributed by atoms with Gasteiger partial charge in [-0.05, 0) is 25.3 Å². The van der Waals surface area contributed by atoms with Gasteiger partial charge in [-0.3, -0.25) is 9.55 Å². The summed E-state index contributed by atoms with van der Waals surface area (Å²) in [7, 11) is 0. The summed E-state index contributed by atoms with van der Waals surface area (Å²) in [6.07, 6.45) is 3.73. The van der Waals surface area contributed by atoms with Crippen LogP contribution in [0.5, 0.6) is 0 Å². The van der Waals surface area contributed by atoms with Crippen LogP contribution in [0.1, 0.15) is 25.5 Å². The molecule has 1 fully saturated rings. The molecule has 16 heavy (non-hydrogen) atoms. The third-order valence-electron chi connectivity index (χ3n) is 2.70. The molecule has 2 heterocycles. The van der Waals surface area contributed by atoms with Crippen molar-refractivity contribution in [1.82, 2.24) is 9.55 Å². The van der Waals surface area contributed by atoms with Crippen LogP contribution in [-0.4, -0.2) is 27.4 Å². The van der Waals surface area contributed by atoms with Crippen LogP contribution in [-0.2, 0) is 4.74 Å². The van der Waals surface area contributed by atoms with Gasteiger partial charge in [-0.25, -0.2) is 4.79 Å². The van der Waals surface area contributed by atoms with Crippen LogP contribution >= 0.6 is 12.2 Å². The van der Waals surface area contributed by atoms with Gasteiger partial charge in [0, 0.05) is 12.8 Å². The molecule has 1 aromatic heterocycles. The molecule has 0 amide bonds. The number of hydrogen-bond acceptors (Lipinski definition) is 4. The van der Waals surface area contributed by atoms with Gasteiger partial charge < -0.3 is 9.84 Å². The highest BCUT2D eigenvalue weighted by Crippen LogP contribution is 2.28. The van der Waals surface area contributed by atoms with Gasteiger partial charge in [-0.2, -0.15) is 0 Å². The fourth-order valence-electron chi connectivity index (χ4n) is 1.90. The number of ether oxygens (including phenoxy) is 1. The van der Waals surface area contributed by atoms with Crippen molar-refractivity contribution in [3.8, 4) is 0 Å². The highest BCUT2D eigenvalue weighted by atomic mass is 32.1. The Balaban J connectivity index is 2.14. The van der Waals surface area contributed by atoms with Gasteiger partial charge in [0.05, 0.1) is 6.10 Å². The second-order valence-electron chi connectivity index (χ2n) is 3.82. The van der Waals surface area contributed by atoms with E-state index in [2.05, 4.69) is 4.98 Å². The number of nitrogens with zero attached hydrogens (tertiary/aromatic N) is 1. The summed E-state index contributed by atoms with van der Waals surface area (Å²) in [5, 5.41) is 8.81. The number of nitrogens with one attached hydrogen (secondary N) is 1. The van der Waals surface area contributed by atoms with E-state index in [4.69, 9.17) is 22.1 Å². The first kappa shape index (κ1) is 11.5. The summed E-state index contributed by atoms with van der Waals surface area (Å²) >= 11 is 4.86. The summed E-state index contributed by atoms with van der Waals surface area (Å²) in [5.74, 6) is 0. The van der Waals surface area contributed by atoms with Crippen molar-refractivity contribution in [2.24, 2.45) is 0 Å². The van der Waals surface area contributed by atoms with Gasteiger partial charge in [0.25, 0.3) is 0 Å². The maximum atomic E-state index is 11.6. The van der Waals surface area contributed by atoms with Crippen LogP contribution in [0, 0.1) is 4.64 Å². The smallest absolute Gasteiger partial charge is 0.328 e. The number of rotatable bonds is 3. The van der Waals surface area contributed by atoms with E-state index in [1.165, 1.54) is 4.57 Å². The zero-order valence-corrected chi connectivity index (χ0v) is 9.57. The van der Waals surface area contributed by atoms with Crippen LogP contribution in [0.4, 0.5) is 0 Å². The quantitative estimate of drug-likeness (QED) is 0.775. The predicted octanol–water partition coefficient (Wildman–Crippen LogP) is 0.966. The Morgan fingerprint density at radius 2 is 2.44 bits per heavy atom. The van der Waals surface area contributed by atoms with Crippen molar-refractivity contribution in [3.05, 3.63) is 27.4 Å². The summed E-state index contributed by atoms with van der Waals surface area (Å²) < 4.78 is 7.59. The average Bonchev–Trinajstić information content (AvgIpc) is 2.67. The highest BCUT2D eigenvalue weighted by Gasteiger charge is 2.26. The number of aliphatic hydroxyl groups excluding tert-OH is 1.